The van der Waals surface area contributed by atoms with Gasteiger partial charge in [-0.3, -0.25) is 4.79 Å². The number of quaternary nitrogens is 1. The van der Waals surface area contributed by atoms with Crippen LogP contribution in [0.1, 0.15) is 35.7 Å². The van der Waals surface area contributed by atoms with Crippen LogP contribution in [0.2, 0.25) is 0 Å². The van der Waals surface area contributed by atoms with Crippen LogP contribution in [0, 0.1) is 5.92 Å². The van der Waals surface area contributed by atoms with Gasteiger partial charge in [0.05, 0.1) is 13.1 Å². The zero-order valence-electron chi connectivity index (χ0n) is 19.0. The number of hydrogen-bond donors (Lipinski definition) is 2. The van der Waals surface area contributed by atoms with Crippen LogP contribution in [0.3, 0.4) is 0 Å². The molecule has 3 aromatic rings. The van der Waals surface area contributed by atoms with Crippen molar-refractivity contribution in [3.8, 4) is 11.5 Å². The molecule has 5 heterocycles. The standard InChI is InChI=1S/C26H25N3O6/c27-24(30)23(19-11-14-33-28-19)29-12-9-16(10-13-29)22(15-29)35-25(31)26(32)17-5-1-3-7-20(17)34-21-8-4-2-6-18(21)26/h1-8,11,14,16,22-23,32H,9-10,12-13,15H2,(H-,27,30)/p+1/t16?,22-,23?,29?/m0/s1. The monoisotopic (exact) mass is 476 g/mol. The molecule has 4 aliphatic rings. The van der Waals surface area contributed by atoms with Gasteiger partial charge in [0.15, 0.2) is 11.8 Å². The number of piperidine rings is 3. The van der Waals surface area contributed by atoms with E-state index in [-0.39, 0.29) is 5.92 Å². The molecule has 1 unspecified atom stereocenters. The van der Waals surface area contributed by atoms with Gasteiger partial charge in [0.1, 0.15) is 24.3 Å². The number of carbonyl (C=O) groups is 2. The summed E-state index contributed by atoms with van der Waals surface area (Å²) in [5.74, 6) is -0.297. The predicted molar refractivity (Wildman–Crippen MR) is 122 cm³/mol. The van der Waals surface area contributed by atoms with Gasteiger partial charge in [-0.1, -0.05) is 41.6 Å². The summed E-state index contributed by atoms with van der Waals surface area (Å²) in [7, 11) is 0. The summed E-state index contributed by atoms with van der Waals surface area (Å²) in [6, 6.07) is 14.8. The molecule has 1 aromatic heterocycles. The topological polar surface area (TPSA) is 125 Å². The molecule has 7 rings (SSSR count). The van der Waals surface area contributed by atoms with Crippen molar-refractivity contribution in [1.29, 1.82) is 0 Å². The number of amides is 1. The molecule has 3 N–H and O–H groups in total. The van der Waals surface area contributed by atoms with Crippen LogP contribution in [0.25, 0.3) is 0 Å². The van der Waals surface area contributed by atoms with Crippen molar-refractivity contribution < 1.29 is 33.2 Å². The normalized spacial score (nSPS) is 26.7. The summed E-state index contributed by atoms with van der Waals surface area (Å²) in [6.45, 7) is 1.86. The van der Waals surface area contributed by atoms with E-state index in [1.807, 2.05) is 0 Å². The Morgan fingerprint density at radius 1 is 1.06 bits per heavy atom. The van der Waals surface area contributed by atoms with Gasteiger partial charge in [-0.2, -0.15) is 0 Å². The van der Waals surface area contributed by atoms with Gasteiger partial charge in [-0.25, -0.2) is 4.79 Å². The summed E-state index contributed by atoms with van der Waals surface area (Å²) in [5, 5.41) is 15.9. The Bertz CT molecular complexity index is 1240. The van der Waals surface area contributed by atoms with Crippen molar-refractivity contribution in [3.63, 3.8) is 0 Å². The van der Waals surface area contributed by atoms with Crippen molar-refractivity contribution in [2.75, 3.05) is 19.6 Å². The molecule has 0 spiro atoms. The SMILES string of the molecule is NC(=O)C(c1ccon1)[N+]12CCC(CC1)[C@@H](OC(=O)C1(O)c3ccccc3Oc3ccccc31)C2. The Labute approximate surface area is 201 Å². The number of carbonyl (C=O) groups excluding carboxylic acids is 2. The molecule has 35 heavy (non-hydrogen) atoms. The van der Waals surface area contributed by atoms with E-state index < -0.39 is 29.6 Å². The number of benzene rings is 2. The van der Waals surface area contributed by atoms with Gasteiger partial charge < -0.3 is 29.3 Å². The third-order valence-corrected chi connectivity index (χ3v) is 7.84. The summed E-state index contributed by atoms with van der Waals surface area (Å²) < 4.78 is 17.4. The quantitative estimate of drug-likeness (QED) is 0.428. The van der Waals surface area contributed by atoms with Crippen LogP contribution in [0.15, 0.2) is 65.4 Å². The third kappa shape index (κ3) is 3.26. The molecular formula is C26H26N3O6+. The van der Waals surface area contributed by atoms with Crippen LogP contribution in [0.4, 0.5) is 0 Å². The highest BCUT2D eigenvalue weighted by atomic mass is 16.6. The van der Waals surface area contributed by atoms with Crippen molar-refractivity contribution in [2.24, 2.45) is 11.7 Å². The minimum absolute atomic E-state index is 0.138. The number of para-hydroxylation sites is 2. The first kappa shape index (κ1) is 21.8. The molecule has 3 fully saturated rings. The first-order chi connectivity index (χ1) is 16.9. The number of esters is 1. The van der Waals surface area contributed by atoms with Crippen molar-refractivity contribution in [3.05, 3.63) is 77.7 Å². The van der Waals surface area contributed by atoms with Crippen LogP contribution >= 0.6 is 0 Å². The number of rotatable bonds is 5. The van der Waals surface area contributed by atoms with Crippen LogP contribution in [-0.2, 0) is 19.9 Å². The Morgan fingerprint density at radius 3 is 2.26 bits per heavy atom. The van der Waals surface area contributed by atoms with E-state index in [4.69, 9.17) is 19.7 Å². The van der Waals surface area contributed by atoms with Crippen molar-refractivity contribution >= 4 is 11.9 Å². The smallest absolute Gasteiger partial charge is 0.348 e. The molecule has 1 amide bonds. The lowest BCUT2D eigenvalue weighted by Gasteiger charge is -2.54. The minimum Gasteiger partial charge on any atom is -0.457 e. The van der Waals surface area contributed by atoms with E-state index in [1.54, 1.807) is 54.6 Å². The fraction of sp³-hybridized carbons (Fsp3) is 0.346. The average molecular weight is 477 g/mol. The Kier molecular flexibility index (Phi) is 4.94. The van der Waals surface area contributed by atoms with Crippen LogP contribution < -0.4 is 10.5 Å². The zero-order chi connectivity index (χ0) is 24.2. The number of nitrogens with two attached hydrogens (primary N) is 1. The fourth-order valence-electron chi connectivity index (χ4n) is 6.14. The van der Waals surface area contributed by atoms with Gasteiger partial charge in [0.2, 0.25) is 11.6 Å². The molecular weight excluding hydrogens is 450 g/mol. The van der Waals surface area contributed by atoms with Gasteiger partial charge >= 0.3 is 5.97 Å². The summed E-state index contributed by atoms with van der Waals surface area (Å²) in [5.41, 5.74) is 4.97. The van der Waals surface area contributed by atoms with Crippen molar-refractivity contribution in [2.45, 2.75) is 30.6 Å². The van der Waals surface area contributed by atoms with Crippen molar-refractivity contribution in [1.82, 2.24) is 5.16 Å². The molecule has 0 radical (unpaired) electrons. The number of hydrogen-bond acceptors (Lipinski definition) is 7. The van der Waals surface area contributed by atoms with E-state index >= 15 is 0 Å². The number of aliphatic hydroxyl groups is 1. The van der Waals surface area contributed by atoms with Gasteiger partial charge in [0.25, 0.3) is 5.91 Å². The lowest BCUT2D eigenvalue weighted by Crippen LogP contribution is -2.67. The fourth-order valence-corrected chi connectivity index (χ4v) is 6.14. The van der Waals surface area contributed by atoms with Gasteiger partial charge in [-0.15, -0.1) is 0 Å². The summed E-state index contributed by atoms with van der Waals surface area (Å²) >= 11 is 0. The second-order valence-corrected chi connectivity index (χ2v) is 9.66. The molecule has 0 aliphatic carbocycles. The molecule has 2 bridgehead atoms. The molecule has 0 saturated carbocycles. The van der Waals surface area contributed by atoms with Crippen LogP contribution in [-0.4, -0.2) is 52.4 Å². The zero-order valence-corrected chi connectivity index (χ0v) is 19.0. The molecule has 9 nitrogen and oxygen atoms in total. The lowest BCUT2D eigenvalue weighted by molar-refractivity contribution is -0.965. The maximum atomic E-state index is 13.8. The highest BCUT2D eigenvalue weighted by Gasteiger charge is 2.56. The second kappa shape index (κ2) is 7.93. The number of ether oxygens (including phenoxy) is 2. The Balaban J connectivity index is 1.34. The van der Waals surface area contributed by atoms with E-state index in [9.17, 15) is 14.7 Å². The number of fused-ring (bicyclic) bond motifs is 5. The molecule has 2 atom stereocenters. The molecule has 4 aliphatic heterocycles. The third-order valence-electron chi connectivity index (χ3n) is 7.84. The van der Waals surface area contributed by atoms with E-state index in [0.717, 1.165) is 25.9 Å². The van der Waals surface area contributed by atoms with E-state index in [1.165, 1.54) is 6.26 Å². The van der Waals surface area contributed by atoms with Gasteiger partial charge in [0, 0.05) is 36.0 Å². The first-order valence-electron chi connectivity index (χ1n) is 11.8. The first-order valence-corrected chi connectivity index (χ1v) is 11.8. The molecule has 9 heteroatoms. The van der Waals surface area contributed by atoms with E-state index in [0.29, 0.717) is 39.3 Å². The average Bonchev–Trinajstić information content (AvgIpc) is 3.38. The van der Waals surface area contributed by atoms with E-state index in [2.05, 4.69) is 5.16 Å². The molecule has 180 valence electrons. The van der Waals surface area contributed by atoms with Gasteiger partial charge in [-0.05, 0) is 12.1 Å². The minimum atomic E-state index is -2.02. The summed E-state index contributed by atoms with van der Waals surface area (Å²) in [4.78, 5) is 26.3. The maximum Gasteiger partial charge on any atom is 0.348 e. The van der Waals surface area contributed by atoms with Crippen LogP contribution in [0.5, 0.6) is 11.5 Å². The molecule has 2 aromatic carbocycles. The highest BCUT2D eigenvalue weighted by molar-refractivity contribution is 5.88. The molecule has 3 saturated heterocycles. The maximum absolute atomic E-state index is 13.8. The predicted octanol–water partition coefficient (Wildman–Crippen LogP) is 2.40. The largest absolute Gasteiger partial charge is 0.457 e. The Morgan fingerprint density at radius 2 is 1.69 bits per heavy atom. The lowest BCUT2D eigenvalue weighted by atomic mass is 9.80. The number of aromatic nitrogens is 1. The highest BCUT2D eigenvalue weighted by Crippen LogP contribution is 2.48. The number of nitrogens with zero attached hydrogens (tertiary/aromatic N) is 2. The second-order valence-electron chi connectivity index (χ2n) is 9.66. The number of primary amides is 1. The summed E-state index contributed by atoms with van der Waals surface area (Å²) in [6.07, 6.45) is 2.49. The Hall–Kier alpha value is -3.69.